The molecule has 1 rings (SSSR count). The number of nitrogens with two attached hydrogens (primary N) is 1. The topological polar surface area (TPSA) is 16.6 Å². The standard InChI is InChI=1S/C10H11F4N/c1-15-3-2-7-4-8(10(12,13)14)6-9(11)5-7/h4-6H,1-3,15H2. The molecule has 0 amide bonds. The van der Waals surface area contributed by atoms with Gasteiger partial charge in [-0.05, 0) is 23.8 Å². The first-order chi connectivity index (χ1) is 6.93. The Kier molecular flexibility index (Phi) is 3.68. The third-order valence-electron chi connectivity index (χ3n) is 1.92. The summed E-state index contributed by atoms with van der Waals surface area (Å²) in [6.07, 6.45) is -4.13. The van der Waals surface area contributed by atoms with Crippen LogP contribution in [0.4, 0.5) is 17.6 Å². The number of rotatable bonds is 3. The molecule has 0 aliphatic carbocycles. The van der Waals surface area contributed by atoms with E-state index in [1.54, 1.807) is 5.32 Å². The predicted octanol–water partition coefficient (Wildman–Crippen LogP) is 1.74. The lowest BCUT2D eigenvalue weighted by Crippen LogP contribution is -2.77. The van der Waals surface area contributed by atoms with Gasteiger partial charge in [0, 0.05) is 6.42 Å². The van der Waals surface area contributed by atoms with E-state index < -0.39 is 17.6 Å². The van der Waals surface area contributed by atoms with Crippen LogP contribution in [-0.2, 0) is 12.6 Å². The summed E-state index contributed by atoms with van der Waals surface area (Å²) in [7, 11) is 3.45. The van der Waals surface area contributed by atoms with E-state index in [0.717, 1.165) is 12.1 Å². The molecule has 15 heavy (non-hydrogen) atoms. The van der Waals surface area contributed by atoms with Crippen molar-refractivity contribution in [3.05, 3.63) is 42.2 Å². The Labute approximate surface area is 85.1 Å². The summed E-state index contributed by atoms with van der Waals surface area (Å²) in [5, 5.41) is 1.58. The number of halogens is 4. The van der Waals surface area contributed by atoms with Crippen LogP contribution in [0, 0.1) is 12.9 Å². The van der Waals surface area contributed by atoms with Crippen LogP contribution in [0.2, 0.25) is 0 Å². The second-order valence-corrected chi connectivity index (χ2v) is 3.17. The van der Waals surface area contributed by atoms with E-state index in [1.807, 2.05) is 0 Å². The molecule has 0 aliphatic rings. The van der Waals surface area contributed by atoms with Crippen LogP contribution in [0.1, 0.15) is 11.1 Å². The molecule has 0 unspecified atom stereocenters. The van der Waals surface area contributed by atoms with Crippen molar-refractivity contribution in [2.75, 3.05) is 6.54 Å². The fourth-order valence-electron chi connectivity index (χ4n) is 1.23. The Morgan fingerprint density at radius 3 is 2.40 bits per heavy atom. The summed E-state index contributed by atoms with van der Waals surface area (Å²) in [6.45, 7) is 0.529. The molecular weight excluding hydrogens is 210 g/mol. The van der Waals surface area contributed by atoms with Crippen molar-refractivity contribution < 1.29 is 22.9 Å². The minimum Gasteiger partial charge on any atom is -0.479 e. The molecule has 0 bridgehead atoms. The molecule has 0 fully saturated rings. The number of alkyl halides is 3. The van der Waals surface area contributed by atoms with Crippen molar-refractivity contribution in [1.82, 2.24) is 0 Å². The summed E-state index contributed by atoms with van der Waals surface area (Å²) >= 11 is 0. The molecule has 1 aromatic rings. The van der Waals surface area contributed by atoms with Crippen molar-refractivity contribution in [2.45, 2.75) is 12.6 Å². The molecule has 1 aromatic carbocycles. The number of hydrogen-bond acceptors (Lipinski definition) is 0. The Balaban J connectivity index is 2.95. The van der Waals surface area contributed by atoms with E-state index in [-0.39, 0.29) is 0 Å². The highest BCUT2D eigenvalue weighted by Gasteiger charge is 2.31. The average Bonchev–Trinajstić information content (AvgIpc) is 2.12. The number of hydrogen-bond donors (Lipinski definition) is 1. The van der Waals surface area contributed by atoms with Crippen LogP contribution in [0.15, 0.2) is 18.2 Å². The molecule has 2 N–H and O–H groups in total. The van der Waals surface area contributed by atoms with Gasteiger partial charge in [-0.15, -0.1) is 0 Å². The fraction of sp³-hybridized carbons (Fsp3) is 0.300. The van der Waals surface area contributed by atoms with Crippen LogP contribution in [0.5, 0.6) is 0 Å². The summed E-state index contributed by atoms with van der Waals surface area (Å²) in [5.41, 5.74) is -0.608. The van der Waals surface area contributed by atoms with E-state index >= 15 is 0 Å². The number of benzene rings is 1. The lowest BCUT2D eigenvalue weighted by molar-refractivity contribution is -0.594. The van der Waals surface area contributed by atoms with Gasteiger partial charge in [-0.3, -0.25) is 0 Å². The van der Waals surface area contributed by atoms with Crippen molar-refractivity contribution in [1.29, 1.82) is 0 Å². The highest BCUT2D eigenvalue weighted by molar-refractivity contribution is 5.26. The van der Waals surface area contributed by atoms with Gasteiger partial charge in [0.2, 0.25) is 0 Å². The zero-order valence-electron chi connectivity index (χ0n) is 7.94. The highest BCUT2D eigenvalue weighted by Crippen LogP contribution is 2.30. The molecule has 84 valence electrons. The molecule has 1 nitrogen and oxygen atoms in total. The van der Waals surface area contributed by atoms with Gasteiger partial charge in [-0.2, -0.15) is 20.2 Å². The summed E-state index contributed by atoms with van der Waals surface area (Å²) in [5.74, 6) is -0.858. The lowest BCUT2D eigenvalue weighted by atomic mass is 10.1. The van der Waals surface area contributed by atoms with E-state index in [4.69, 9.17) is 0 Å². The van der Waals surface area contributed by atoms with Crippen LogP contribution >= 0.6 is 0 Å². The van der Waals surface area contributed by atoms with E-state index in [0.29, 0.717) is 24.6 Å². The molecule has 0 saturated heterocycles. The molecule has 0 spiro atoms. The maximum absolute atomic E-state index is 12.9. The van der Waals surface area contributed by atoms with Gasteiger partial charge in [0.25, 0.3) is 0 Å². The molecule has 5 heteroatoms. The Morgan fingerprint density at radius 2 is 1.87 bits per heavy atom. The van der Waals surface area contributed by atoms with Crippen molar-refractivity contribution in [3.63, 3.8) is 0 Å². The third kappa shape index (κ3) is 3.51. The Morgan fingerprint density at radius 1 is 1.20 bits per heavy atom. The van der Waals surface area contributed by atoms with E-state index in [2.05, 4.69) is 7.05 Å². The minimum atomic E-state index is -4.50. The Bertz CT molecular complexity index is 333. The van der Waals surface area contributed by atoms with Crippen LogP contribution in [0.3, 0.4) is 0 Å². The Hall–Kier alpha value is -1.10. The first-order valence-corrected chi connectivity index (χ1v) is 4.41. The third-order valence-corrected chi connectivity index (χ3v) is 1.92. The summed E-state index contributed by atoms with van der Waals surface area (Å²) in [4.78, 5) is 0. The van der Waals surface area contributed by atoms with Gasteiger partial charge < -0.3 is 5.32 Å². The second-order valence-electron chi connectivity index (χ2n) is 3.17. The first-order valence-electron chi connectivity index (χ1n) is 4.41. The van der Waals surface area contributed by atoms with Gasteiger partial charge in [0.05, 0.1) is 12.1 Å². The zero-order valence-corrected chi connectivity index (χ0v) is 7.94. The molecular formula is C10H11F4N. The molecule has 0 radical (unpaired) electrons. The lowest BCUT2D eigenvalue weighted by Gasteiger charge is -2.09. The first kappa shape index (κ1) is 12.0. The summed E-state index contributed by atoms with van der Waals surface area (Å²) in [6, 6.07) is 2.57. The quantitative estimate of drug-likeness (QED) is 0.591. The van der Waals surface area contributed by atoms with Gasteiger partial charge in [0.15, 0.2) is 0 Å². The van der Waals surface area contributed by atoms with Crippen molar-refractivity contribution >= 4 is 0 Å². The van der Waals surface area contributed by atoms with E-state index in [9.17, 15) is 17.6 Å². The highest BCUT2D eigenvalue weighted by atomic mass is 19.4. The maximum Gasteiger partial charge on any atom is 0.416 e. The van der Waals surface area contributed by atoms with Crippen molar-refractivity contribution in [2.24, 2.45) is 0 Å². The normalized spacial score (nSPS) is 11.8. The van der Waals surface area contributed by atoms with Gasteiger partial charge in [0.1, 0.15) is 5.82 Å². The smallest absolute Gasteiger partial charge is 0.416 e. The van der Waals surface area contributed by atoms with Gasteiger partial charge in [-0.25, -0.2) is 4.39 Å². The summed E-state index contributed by atoms with van der Waals surface area (Å²) < 4.78 is 49.7. The molecule has 0 atom stereocenters. The number of quaternary nitrogens is 1. The second kappa shape index (κ2) is 4.61. The van der Waals surface area contributed by atoms with Crippen LogP contribution in [0.25, 0.3) is 0 Å². The minimum absolute atomic E-state index is 0.335. The fourth-order valence-corrected chi connectivity index (χ4v) is 1.23. The molecule has 0 heterocycles. The molecule has 0 aromatic heterocycles. The molecule has 0 saturated carbocycles. The van der Waals surface area contributed by atoms with Gasteiger partial charge >= 0.3 is 6.18 Å². The maximum atomic E-state index is 12.9. The van der Waals surface area contributed by atoms with Crippen LogP contribution in [-0.4, -0.2) is 6.54 Å². The predicted molar refractivity (Wildman–Crippen MR) is 47.3 cm³/mol. The van der Waals surface area contributed by atoms with E-state index in [1.165, 1.54) is 0 Å². The largest absolute Gasteiger partial charge is 0.479 e. The van der Waals surface area contributed by atoms with Gasteiger partial charge in [-0.1, -0.05) is 0 Å². The van der Waals surface area contributed by atoms with Crippen molar-refractivity contribution in [3.8, 4) is 0 Å². The monoisotopic (exact) mass is 221 g/mol. The molecule has 0 aliphatic heterocycles. The SMILES string of the molecule is [CH2-][NH2+]CCc1cc(F)cc(C(F)(F)F)c1. The average molecular weight is 221 g/mol. The zero-order chi connectivity index (χ0) is 11.5. The van der Waals surface area contributed by atoms with Crippen LogP contribution < -0.4 is 5.32 Å².